The second-order valence-electron chi connectivity index (χ2n) is 5.85. The summed E-state index contributed by atoms with van der Waals surface area (Å²) < 4.78 is 5.33. The van der Waals surface area contributed by atoms with Crippen LogP contribution < -0.4 is 15.4 Å². The average Bonchev–Trinajstić information content (AvgIpc) is 2.60. The van der Waals surface area contributed by atoms with Crippen molar-refractivity contribution in [3.05, 3.63) is 64.7 Å². The molecule has 2 amide bonds. The fourth-order valence-electron chi connectivity index (χ4n) is 2.43. The predicted octanol–water partition coefficient (Wildman–Crippen LogP) is 2.75. The molecule has 2 N–H and O–H groups in total. The van der Waals surface area contributed by atoms with Crippen molar-refractivity contribution in [3.8, 4) is 5.75 Å². The van der Waals surface area contributed by atoms with Crippen molar-refractivity contribution in [1.29, 1.82) is 0 Å². The Hall–Kier alpha value is -2.82. The van der Waals surface area contributed by atoms with Gasteiger partial charge in [-0.3, -0.25) is 9.59 Å². The van der Waals surface area contributed by atoms with Gasteiger partial charge in [-0.05, 0) is 56.2 Å². The van der Waals surface area contributed by atoms with Gasteiger partial charge in [-0.1, -0.05) is 23.8 Å². The van der Waals surface area contributed by atoms with Crippen LogP contribution in [0.3, 0.4) is 0 Å². The third-order valence-electron chi connectivity index (χ3n) is 3.81. The van der Waals surface area contributed by atoms with Crippen LogP contribution >= 0.6 is 0 Å². The molecule has 5 nitrogen and oxygen atoms in total. The van der Waals surface area contributed by atoms with E-state index in [2.05, 4.69) is 16.7 Å². The fourth-order valence-corrected chi connectivity index (χ4v) is 2.43. The Bertz CT molecular complexity index is 739. The van der Waals surface area contributed by atoms with Gasteiger partial charge >= 0.3 is 0 Å². The first-order valence-electron chi connectivity index (χ1n) is 8.33. The monoisotopic (exact) mass is 340 g/mol. The normalized spacial score (nSPS) is 10.2. The molecule has 2 aromatic rings. The minimum atomic E-state index is -0.287. The zero-order chi connectivity index (χ0) is 18.2. The molecule has 0 saturated heterocycles. The lowest BCUT2D eigenvalue weighted by atomic mass is 10.1. The standard InChI is InChI=1S/C20H24N2O3/c1-4-25-18-9-7-16(8-10-18)20(24)22-13-19(23)21-12-17-6-5-14(2)11-15(17)3/h5-11H,4,12-13H2,1-3H3,(H,21,23)(H,22,24). The number of carbonyl (C=O) groups is 2. The lowest BCUT2D eigenvalue weighted by Crippen LogP contribution is -2.36. The number of amides is 2. The summed E-state index contributed by atoms with van der Waals surface area (Å²) in [6.07, 6.45) is 0. The van der Waals surface area contributed by atoms with Crippen LogP contribution in [0.4, 0.5) is 0 Å². The van der Waals surface area contributed by atoms with Gasteiger partial charge in [0.25, 0.3) is 5.91 Å². The maximum absolute atomic E-state index is 12.1. The Morgan fingerprint density at radius 2 is 1.72 bits per heavy atom. The molecule has 0 bridgehead atoms. The highest BCUT2D eigenvalue weighted by molar-refractivity contribution is 5.96. The van der Waals surface area contributed by atoms with E-state index in [1.807, 2.05) is 32.9 Å². The second-order valence-corrected chi connectivity index (χ2v) is 5.85. The number of benzene rings is 2. The third-order valence-corrected chi connectivity index (χ3v) is 3.81. The zero-order valence-corrected chi connectivity index (χ0v) is 14.9. The summed E-state index contributed by atoms with van der Waals surface area (Å²) in [5, 5.41) is 5.44. The molecule has 0 aliphatic carbocycles. The van der Waals surface area contributed by atoms with Crippen LogP contribution in [0.15, 0.2) is 42.5 Å². The molecule has 0 fully saturated rings. The minimum Gasteiger partial charge on any atom is -0.494 e. The molecule has 25 heavy (non-hydrogen) atoms. The van der Waals surface area contributed by atoms with Gasteiger partial charge in [0.05, 0.1) is 13.2 Å². The highest BCUT2D eigenvalue weighted by Gasteiger charge is 2.08. The SMILES string of the molecule is CCOc1ccc(C(=O)NCC(=O)NCc2ccc(C)cc2C)cc1. The Morgan fingerprint density at radius 3 is 2.36 bits per heavy atom. The van der Waals surface area contributed by atoms with Gasteiger partial charge in [-0.15, -0.1) is 0 Å². The van der Waals surface area contributed by atoms with E-state index < -0.39 is 0 Å². The van der Waals surface area contributed by atoms with E-state index in [1.165, 1.54) is 5.56 Å². The molecule has 0 heterocycles. The van der Waals surface area contributed by atoms with Gasteiger partial charge in [0, 0.05) is 12.1 Å². The van der Waals surface area contributed by atoms with Crippen LogP contribution in [0.1, 0.15) is 34.0 Å². The highest BCUT2D eigenvalue weighted by atomic mass is 16.5. The topological polar surface area (TPSA) is 67.4 Å². The van der Waals surface area contributed by atoms with E-state index in [4.69, 9.17) is 4.74 Å². The molecule has 0 aliphatic rings. The van der Waals surface area contributed by atoms with Crippen LogP contribution in [0, 0.1) is 13.8 Å². The number of hydrogen-bond donors (Lipinski definition) is 2. The lowest BCUT2D eigenvalue weighted by molar-refractivity contribution is -0.120. The van der Waals surface area contributed by atoms with E-state index in [1.54, 1.807) is 24.3 Å². The molecule has 5 heteroatoms. The number of hydrogen-bond acceptors (Lipinski definition) is 3. The van der Waals surface area contributed by atoms with E-state index in [0.717, 1.165) is 11.1 Å². The molecule has 0 radical (unpaired) electrons. The predicted molar refractivity (Wildman–Crippen MR) is 97.7 cm³/mol. The van der Waals surface area contributed by atoms with Crippen molar-refractivity contribution < 1.29 is 14.3 Å². The Morgan fingerprint density at radius 1 is 1.00 bits per heavy atom. The van der Waals surface area contributed by atoms with Gasteiger partial charge in [0.15, 0.2) is 0 Å². The molecule has 132 valence electrons. The molecule has 0 saturated carbocycles. The molecule has 0 atom stereocenters. The van der Waals surface area contributed by atoms with E-state index in [0.29, 0.717) is 24.5 Å². The van der Waals surface area contributed by atoms with E-state index >= 15 is 0 Å². The third kappa shape index (κ3) is 5.64. The Balaban J connectivity index is 1.79. The molecule has 2 rings (SSSR count). The van der Waals surface area contributed by atoms with Crippen molar-refractivity contribution in [2.75, 3.05) is 13.2 Å². The van der Waals surface area contributed by atoms with Crippen LogP contribution in [-0.4, -0.2) is 25.0 Å². The number of nitrogens with one attached hydrogen (secondary N) is 2. The van der Waals surface area contributed by atoms with Crippen LogP contribution in [-0.2, 0) is 11.3 Å². The quantitative estimate of drug-likeness (QED) is 0.814. The molecule has 0 unspecified atom stereocenters. The maximum atomic E-state index is 12.1. The van der Waals surface area contributed by atoms with Crippen molar-refractivity contribution in [2.24, 2.45) is 0 Å². The van der Waals surface area contributed by atoms with Crippen LogP contribution in [0.25, 0.3) is 0 Å². The summed E-state index contributed by atoms with van der Waals surface area (Å²) in [6, 6.07) is 12.9. The Labute approximate surface area is 148 Å². The van der Waals surface area contributed by atoms with Gasteiger partial charge in [-0.25, -0.2) is 0 Å². The minimum absolute atomic E-state index is 0.0586. The summed E-state index contributed by atoms with van der Waals surface area (Å²) >= 11 is 0. The van der Waals surface area contributed by atoms with Crippen molar-refractivity contribution in [3.63, 3.8) is 0 Å². The lowest BCUT2D eigenvalue weighted by Gasteiger charge is -2.10. The molecule has 0 aromatic heterocycles. The summed E-state index contributed by atoms with van der Waals surface area (Å²) in [7, 11) is 0. The summed E-state index contributed by atoms with van der Waals surface area (Å²) in [4.78, 5) is 24.0. The highest BCUT2D eigenvalue weighted by Crippen LogP contribution is 2.12. The van der Waals surface area contributed by atoms with Crippen LogP contribution in [0.2, 0.25) is 0 Å². The van der Waals surface area contributed by atoms with Crippen LogP contribution in [0.5, 0.6) is 5.75 Å². The van der Waals surface area contributed by atoms with Gasteiger partial charge in [0.2, 0.25) is 5.91 Å². The zero-order valence-electron chi connectivity index (χ0n) is 14.9. The van der Waals surface area contributed by atoms with E-state index in [9.17, 15) is 9.59 Å². The van der Waals surface area contributed by atoms with Crippen molar-refractivity contribution >= 4 is 11.8 Å². The molecular formula is C20H24N2O3. The van der Waals surface area contributed by atoms with Crippen molar-refractivity contribution in [2.45, 2.75) is 27.3 Å². The molecular weight excluding hydrogens is 316 g/mol. The van der Waals surface area contributed by atoms with Crippen molar-refractivity contribution in [1.82, 2.24) is 10.6 Å². The summed E-state index contributed by atoms with van der Waals surface area (Å²) in [6.45, 7) is 6.91. The molecule has 0 aliphatic heterocycles. The number of carbonyl (C=O) groups excluding carboxylic acids is 2. The van der Waals surface area contributed by atoms with Gasteiger partial charge < -0.3 is 15.4 Å². The molecule has 0 spiro atoms. The Kier molecular flexibility index (Phi) is 6.57. The second kappa shape index (κ2) is 8.87. The summed E-state index contributed by atoms with van der Waals surface area (Å²) in [5.41, 5.74) is 3.89. The number of ether oxygens (including phenoxy) is 1. The first-order valence-corrected chi connectivity index (χ1v) is 8.33. The van der Waals surface area contributed by atoms with E-state index in [-0.39, 0.29) is 18.4 Å². The van der Waals surface area contributed by atoms with Gasteiger partial charge in [0.1, 0.15) is 5.75 Å². The first kappa shape index (κ1) is 18.5. The first-order chi connectivity index (χ1) is 12.0. The maximum Gasteiger partial charge on any atom is 0.251 e. The average molecular weight is 340 g/mol. The smallest absolute Gasteiger partial charge is 0.251 e. The largest absolute Gasteiger partial charge is 0.494 e. The number of rotatable bonds is 7. The number of aryl methyl sites for hydroxylation is 2. The molecule has 2 aromatic carbocycles. The summed E-state index contributed by atoms with van der Waals surface area (Å²) in [5.74, 6) is 0.203. The fraction of sp³-hybridized carbons (Fsp3) is 0.300. The van der Waals surface area contributed by atoms with Gasteiger partial charge in [-0.2, -0.15) is 0 Å².